The molecule has 3 rings (SSSR count). The van der Waals surface area contributed by atoms with Crippen LogP contribution < -0.4 is 5.32 Å². The van der Waals surface area contributed by atoms with Crippen molar-refractivity contribution in [2.24, 2.45) is 0 Å². The Morgan fingerprint density at radius 3 is 2.79 bits per heavy atom. The summed E-state index contributed by atoms with van der Waals surface area (Å²) in [6, 6.07) is 5.38. The quantitative estimate of drug-likeness (QED) is 0.938. The van der Waals surface area contributed by atoms with E-state index in [1.165, 1.54) is 0 Å². The topological polar surface area (TPSA) is 67.2 Å². The second-order valence-electron chi connectivity index (χ2n) is 6.70. The molecule has 0 saturated heterocycles. The molecular formula is C18H22N4O2. The molecule has 0 fully saturated rings. The maximum Gasteiger partial charge on any atom is 0.253 e. The Bertz CT molecular complexity index is 807. The Balaban J connectivity index is 1.80. The average molecular weight is 326 g/mol. The number of nitrogens with one attached hydrogen (secondary N) is 1. The van der Waals surface area contributed by atoms with Crippen LogP contribution in [0.1, 0.15) is 42.3 Å². The monoisotopic (exact) mass is 326 g/mol. The molecule has 0 radical (unpaired) electrons. The van der Waals surface area contributed by atoms with Gasteiger partial charge in [0, 0.05) is 43.1 Å². The third-order valence-corrected chi connectivity index (χ3v) is 4.53. The first-order valence-corrected chi connectivity index (χ1v) is 8.05. The number of amides is 2. The Kier molecular flexibility index (Phi) is 3.91. The zero-order valence-corrected chi connectivity index (χ0v) is 14.5. The van der Waals surface area contributed by atoms with Gasteiger partial charge in [-0.15, -0.1) is 0 Å². The number of benzene rings is 1. The number of nitrogens with zero attached hydrogens (tertiary/aromatic N) is 3. The van der Waals surface area contributed by atoms with Gasteiger partial charge in [0.25, 0.3) is 5.91 Å². The van der Waals surface area contributed by atoms with Crippen LogP contribution in [-0.4, -0.2) is 33.5 Å². The van der Waals surface area contributed by atoms with E-state index in [2.05, 4.69) is 10.4 Å². The molecule has 2 amide bonds. The van der Waals surface area contributed by atoms with E-state index < -0.39 is 5.41 Å². The number of carbonyl (C=O) groups excluding carboxylic acids is 2. The van der Waals surface area contributed by atoms with E-state index in [4.69, 9.17) is 0 Å². The van der Waals surface area contributed by atoms with Crippen molar-refractivity contribution < 1.29 is 9.59 Å². The highest BCUT2D eigenvalue weighted by Gasteiger charge is 2.38. The highest BCUT2D eigenvalue weighted by Crippen LogP contribution is 2.37. The van der Waals surface area contributed by atoms with Crippen LogP contribution in [-0.2, 0) is 23.3 Å². The van der Waals surface area contributed by atoms with E-state index in [-0.39, 0.29) is 11.8 Å². The summed E-state index contributed by atoms with van der Waals surface area (Å²) in [7, 11) is 1.77. The number of carbonyl (C=O) groups is 2. The number of rotatable bonds is 4. The van der Waals surface area contributed by atoms with Gasteiger partial charge in [-0.3, -0.25) is 14.3 Å². The van der Waals surface area contributed by atoms with Crippen molar-refractivity contribution in [3.63, 3.8) is 0 Å². The molecule has 0 bridgehead atoms. The molecular weight excluding hydrogens is 304 g/mol. The zero-order valence-electron chi connectivity index (χ0n) is 14.5. The molecule has 2 heterocycles. The summed E-state index contributed by atoms with van der Waals surface area (Å²) in [6.07, 6.45) is 3.72. The first-order valence-electron chi connectivity index (χ1n) is 8.05. The first kappa shape index (κ1) is 16.2. The molecule has 24 heavy (non-hydrogen) atoms. The maximum atomic E-state index is 12.7. The van der Waals surface area contributed by atoms with Crippen molar-refractivity contribution in [1.82, 2.24) is 14.7 Å². The molecule has 0 spiro atoms. The molecule has 1 aromatic heterocycles. The van der Waals surface area contributed by atoms with Crippen LogP contribution in [0, 0.1) is 0 Å². The molecule has 0 saturated carbocycles. The van der Waals surface area contributed by atoms with Gasteiger partial charge in [0.1, 0.15) is 0 Å². The van der Waals surface area contributed by atoms with Crippen molar-refractivity contribution >= 4 is 17.5 Å². The SMILES string of the molecule is CCn1cc(CN(C)C(=O)c2ccc3c(c2)C(C)(C)C(=O)N3)cn1. The minimum absolute atomic E-state index is 0.0394. The highest BCUT2D eigenvalue weighted by molar-refractivity contribution is 6.07. The molecule has 6 nitrogen and oxygen atoms in total. The summed E-state index contributed by atoms with van der Waals surface area (Å²) in [6.45, 7) is 7.05. The minimum atomic E-state index is -0.619. The Labute approximate surface area is 141 Å². The van der Waals surface area contributed by atoms with Gasteiger partial charge in [0.2, 0.25) is 5.91 Å². The molecule has 1 aromatic carbocycles. The molecule has 6 heteroatoms. The van der Waals surface area contributed by atoms with Crippen LogP contribution in [0.4, 0.5) is 5.69 Å². The summed E-state index contributed by atoms with van der Waals surface area (Å²) < 4.78 is 1.84. The fourth-order valence-corrected chi connectivity index (χ4v) is 2.93. The Morgan fingerprint density at radius 1 is 1.38 bits per heavy atom. The van der Waals surface area contributed by atoms with E-state index in [1.54, 1.807) is 30.3 Å². The lowest BCUT2D eigenvalue weighted by molar-refractivity contribution is -0.119. The third-order valence-electron chi connectivity index (χ3n) is 4.53. The molecule has 0 aliphatic carbocycles. The van der Waals surface area contributed by atoms with E-state index >= 15 is 0 Å². The van der Waals surface area contributed by atoms with E-state index in [0.717, 1.165) is 23.4 Å². The fraction of sp³-hybridized carbons (Fsp3) is 0.389. The molecule has 1 N–H and O–H groups in total. The van der Waals surface area contributed by atoms with E-state index in [9.17, 15) is 9.59 Å². The normalized spacial score (nSPS) is 15.1. The van der Waals surface area contributed by atoms with Crippen LogP contribution >= 0.6 is 0 Å². The second kappa shape index (κ2) is 5.78. The first-order chi connectivity index (χ1) is 11.3. The lowest BCUT2D eigenvalue weighted by atomic mass is 9.85. The van der Waals surface area contributed by atoms with Crippen molar-refractivity contribution in [2.45, 2.75) is 39.3 Å². The predicted molar refractivity (Wildman–Crippen MR) is 91.8 cm³/mol. The maximum absolute atomic E-state index is 12.7. The molecule has 0 atom stereocenters. The zero-order chi connectivity index (χ0) is 17.5. The molecule has 2 aromatic rings. The Morgan fingerprint density at radius 2 is 2.12 bits per heavy atom. The minimum Gasteiger partial charge on any atom is -0.337 e. The third kappa shape index (κ3) is 2.68. The lowest BCUT2D eigenvalue weighted by Crippen LogP contribution is -2.28. The second-order valence-corrected chi connectivity index (χ2v) is 6.70. The number of anilines is 1. The molecule has 126 valence electrons. The summed E-state index contributed by atoms with van der Waals surface area (Å²) in [5.74, 6) is -0.111. The van der Waals surface area contributed by atoms with Crippen molar-refractivity contribution in [3.05, 3.63) is 47.3 Å². The largest absolute Gasteiger partial charge is 0.337 e. The predicted octanol–water partition coefficient (Wildman–Crippen LogP) is 2.40. The van der Waals surface area contributed by atoms with Gasteiger partial charge in [-0.2, -0.15) is 5.10 Å². The average Bonchev–Trinajstić information content (AvgIpc) is 3.09. The number of aromatic nitrogens is 2. The molecule has 1 aliphatic rings. The van der Waals surface area contributed by atoms with Crippen LogP contribution in [0.25, 0.3) is 0 Å². The lowest BCUT2D eigenvalue weighted by Gasteiger charge is -2.19. The number of aryl methyl sites for hydroxylation is 1. The Hall–Kier alpha value is -2.63. The van der Waals surface area contributed by atoms with Gasteiger partial charge in [0.05, 0.1) is 11.6 Å². The highest BCUT2D eigenvalue weighted by atomic mass is 16.2. The van der Waals surface area contributed by atoms with Crippen LogP contribution in [0.5, 0.6) is 0 Å². The molecule has 1 aliphatic heterocycles. The van der Waals surface area contributed by atoms with Crippen LogP contribution in [0.2, 0.25) is 0 Å². The van der Waals surface area contributed by atoms with Gasteiger partial charge in [0.15, 0.2) is 0 Å². The fourth-order valence-electron chi connectivity index (χ4n) is 2.93. The van der Waals surface area contributed by atoms with E-state index in [1.807, 2.05) is 37.7 Å². The van der Waals surface area contributed by atoms with Gasteiger partial charge >= 0.3 is 0 Å². The van der Waals surface area contributed by atoms with E-state index in [0.29, 0.717) is 12.1 Å². The summed E-state index contributed by atoms with van der Waals surface area (Å²) >= 11 is 0. The number of hydrogen-bond donors (Lipinski definition) is 1. The smallest absolute Gasteiger partial charge is 0.253 e. The van der Waals surface area contributed by atoms with Crippen LogP contribution in [0.15, 0.2) is 30.6 Å². The summed E-state index contributed by atoms with van der Waals surface area (Å²) in [4.78, 5) is 26.4. The van der Waals surface area contributed by atoms with Crippen LogP contribution in [0.3, 0.4) is 0 Å². The number of hydrogen-bond acceptors (Lipinski definition) is 3. The van der Waals surface area contributed by atoms with Gasteiger partial charge in [-0.1, -0.05) is 0 Å². The van der Waals surface area contributed by atoms with Crippen molar-refractivity contribution in [1.29, 1.82) is 0 Å². The van der Waals surface area contributed by atoms with Gasteiger partial charge in [-0.05, 0) is 44.5 Å². The summed E-state index contributed by atoms with van der Waals surface area (Å²) in [5, 5.41) is 7.08. The molecule has 0 unspecified atom stereocenters. The van der Waals surface area contributed by atoms with Crippen molar-refractivity contribution in [2.75, 3.05) is 12.4 Å². The van der Waals surface area contributed by atoms with Gasteiger partial charge in [-0.25, -0.2) is 0 Å². The van der Waals surface area contributed by atoms with Gasteiger partial charge < -0.3 is 10.2 Å². The summed E-state index contributed by atoms with van der Waals surface area (Å²) in [5.41, 5.74) is 2.61. The number of fused-ring (bicyclic) bond motifs is 1. The standard InChI is InChI=1S/C18H22N4O2/c1-5-22-11-12(9-19-22)10-21(4)16(23)13-6-7-15-14(8-13)18(2,3)17(24)20-15/h6-9,11H,5,10H2,1-4H3,(H,20,24). The van der Waals surface area contributed by atoms with Crippen molar-refractivity contribution in [3.8, 4) is 0 Å².